The summed E-state index contributed by atoms with van der Waals surface area (Å²) in [6, 6.07) is 21.7. The highest BCUT2D eigenvalue weighted by atomic mass is 16.5. The van der Waals surface area contributed by atoms with E-state index in [4.69, 9.17) is 16.2 Å². The van der Waals surface area contributed by atoms with Crippen molar-refractivity contribution in [1.29, 1.82) is 0 Å². The first-order chi connectivity index (χ1) is 13.6. The van der Waals surface area contributed by atoms with Crippen molar-refractivity contribution in [1.82, 2.24) is 4.57 Å². The van der Waals surface area contributed by atoms with Crippen LogP contribution in [0.1, 0.15) is 15.9 Å². The first kappa shape index (κ1) is 17.6. The smallest absolute Gasteiger partial charge is 0.280 e. The molecule has 0 atom stereocenters. The Bertz CT molecular complexity index is 1220. The van der Waals surface area contributed by atoms with E-state index in [9.17, 15) is 4.79 Å². The lowest BCUT2D eigenvalue weighted by molar-refractivity contribution is 0.100. The van der Waals surface area contributed by atoms with Crippen LogP contribution in [0.5, 0.6) is 5.75 Å². The summed E-state index contributed by atoms with van der Waals surface area (Å²) in [5.41, 5.74) is 14.3. The van der Waals surface area contributed by atoms with Crippen LogP contribution in [0.3, 0.4) is 0 Å². The number of guanidine groups is 1. The average Bonchev–Trinajstić information content (AvgIpc) is 3.01. The SMILES string of the molecule is COc1cccc(Cn2c3ccccc3c3ccc(C(=O)N=C(N)N)cc32)c1. The summed E-state index contributed by atoms with van der Waals surface area (Å²) in [6.07, 6.45) is 0. The molecule has 4 rings (SSSR count). The normalized spacial score (nSPS) is 10.9. The molecule has 0 aliphatic rings. The Labute approximate surface area is 162 Å². The van der Waals surface area contributed by atoms with E-state index in [1.54, 1.807) is 13.2 Å². The zero-order chi connectivity index (χ0) is 19.7. The van der Waals surface area contributed by atoms with Crippen LogP contribution in [0.4, 0.5) is 0 Å². The zero-order valence-corrected chi connectivity index (χ0v) is 15.4. The summed E-state index contributed by atoms with van der Waals surface area (Å²) in [4.78, 5) is 15.9. The van der Waals surface area contributed by atoms with E-state index in [2.05, 4.69) is 27.8 Å². The molecule has 140 valence electrons. The number of methoxy groups -OCH3 is 1. The topological polar surface area (TPSA) is 95.6 Å². The molecule has 1 amide bonds. The van der Waals surface area contributed by atoms with Gasteiger partial charge in [-0.05, 0) is 35.9 Å². The number of hydrogen-bond donors (Lipinski definition) is 2. The summed E-state index contributed by atoms with van der Waals surface area (Å²) < 4.78 is 7.53. The Morgan fingerprint density at radius 3 is 2.54 bits per heavy atom. The largest absolute Gasteiger partial charge is 0.497 e. The lowest BCUT2D eigenvalue weighted by Crippen LogP contribution is -2.24. The Kier molecular flexibility index (Phi) is 4.45. The maximum absolute atomic E-state index is 12.3. The summed E-state index contributed by atoms with van der Waals surface area (Å²) >= 11 is 0. The van der Waals surface area contributed by atoms with Gasteiger partial charge in [0.1, 0.15) is 5.75 Å². The van der Waals surface area contributed by atoms with Gasteiger partial charge in [0.05, 0.1) is 12.6 Å². The van der Waals surface area contributed by atoms with Gasteiger partial charge in [-0.15, -0.1) is 0 Å². The van der Waals surface area contributed by atoms with Gasteiger partial charge in [0.25, 0.3) is 5.91 Å². The number of nitrogens with two attached hydrogens (primary N) is 2. The second-order valence-corrected chi connectivity index (χ2v) is 6.53. The van der Waals surface area contributed by atoms with Crippen LogP contribution in [-0.2, 0) is 6.54 Å². The molecular weight excluding hydrogens is 352 g/mol. The van der Waals surface area contributed by atoms with Crippen LogP contribution < -0.4 is 16.2 Å². The maximum Gasteiger partial charge on any atom is 0.280 e. The summed E-state index contributed by atoms with van der Waals surface area (Å²) in [5, 5.41) is 2.20. The molecule has 28 heavy (non-hydrogen) atoms. The minimum Gasteiger partial charge on any atom is -0.497 e. The zero-order valence-electron chi connectivity index (χ0n) is 15.4. The van der Waals surface area contributed by atoms with E-state index in [-0.39, 0.29) is 5.96 Å². The van der Waals surface area contributed by atoms with Crippen molar-refractivity contribution in [3.8, 4) is 5.75 Å². The number of ether oxygens (including phenoxy) is 1. The van der Waals surface area contributed by atoms with E-state index >= 15 is 0 Å². The average molecular weight is 372 g/mol. The fraction of sp³-hybridized carbons (Fsp3) is 0.0909. The van der Waals surface area contributed by atoms with E-state index in [0.717, 1.165) is 33.1 Å². The Morgan fingerprint density at radius 2 is 1.75 bits per heavy atom. The number of para-hydroxylation sites is 1. The molecule has 3 aromatic carbocycles. The highest BCUT2D eigenvalue weighted by Crippen LogP contribution is 2.31. The van der Waals surface area contributed by atoms with Gasteiger partial charge < -0.3 is 20.8 Å². The van der Waals surface area contributed by atoms with Gasteiger partial charge in [0, 0.05) is 28.4 Å². The first-order valence-electron chi connectivity index (χ1n) is 8.84. The molecule has 0 aliphatic heterocycles. The molecule has 6 nitrogen and oxygen atoms in total. The van der Waals surface area contributed by atoms with Crippen LogP contribution >= 0.6 is 0 Å². The van der Waals surface area contributed by atoms with Crippen LogP contribution in [0.25, 0.3) is 21.8 Å². The second-order valence-electron chi connectivity index (χ2n) is 6.53. The van der Waals surface area contributed by atoms with Crippen LogP contribution in [0.15, 0.2) is 71.7 Å². The summed E-state index contributed by atoms with van der Waals surface area (Å²) in [6.45, 7) is 0.640. The Balaban J connectivity index is 1.90. The molecule has 0 spiro atoms. The molecule has 1 heterocycles. The molecule has 6 heteroatoms. The number of hydrogen-bond acceptors (Lipinski definition) is 2. The number of nitrogens with zero attached hydrogens (tertiary/aromatic N) is 2. The van der Waals surface area contributed by atoms with Gasteiger partial charge in [0.15, 0.2) is 5.96 Å². The maximum atomic E-state index is 12.3. The van der Waals surface area contributed by atoms with Crippen LogP contribution in [0, 0.1) is 0 Å². The van der Waals surface area contributed by atoms with Gasteiger partial charge in [-0.25, -0.2) is 0 Å². The highest BCUT2D eigenvalue weighted by molar-refractivity contribution is 6.11. The number of aromatic nitrogens is 1. The van der Waals surface area contributed by atoms with Gasteiger partial charge in [-0.2, -0.15) is 4.99 Å². The number of carbonyl (C=O) groups is 1. The predicted molar refractivity (Wildman–Crippen MR) is 112 cm³/mol. The highest BCUT2D eigenvalue weighted by Gasteiger charge is 2.14. The molecule has 0 fully saturated rings. The quantitative estimate of drug-likeness (QED) is 0.424. The fourth-order valence-corrected chi connectivity index (χ4v) is 3.49. The fourth-order valence-electron chi connectivity index (χ4n) is 3.49. The van der Waals surface area contributed by atoms with Crippen LogP contribution in [0.2, 0.25) is 0 Å². The van der Waals surface area contributed by atoms with E-state index in [1.807, 2.05) is 42.5 Å². The Morgan fingerprint density at radius 1 is 0.964 bits per heavy atom. The predicted octanol–water partition coefficient (Wildman–Crippen LogP) is 3.27. The van der Waals surface area contributed by atoms with Crippen molar-refractivity contribution in [2.24, 2.45) is 16.5 Å². The van der Waals surface area contributed by atoms with Crippen molar-refractivity contribution >= 4 is 33.7 Å². The number of carbonyl (C=O) groups excluding carboxylic acids is 1. The molecule has 0 bridgehead atoms. The monoisotopic (exact) mass is 372 g/mol. The molecule has 4 N–H and O–H groups in total. The molecule has 0 saturated carbocycles. The van der Waals surface area contributed by atoms with E-state index in [1.165, 1.54) is 0 Å². The number of benzene rings is 3. The number of fused-ring (bicyclic) bond motifs is 3. The van der Waals surface area contributed by atoms with Crippen molar-refractivity contribution < 1.29 is 9.53 Å². The van der Waals surface area contributed by atoms with E-state index < -0.39 is 5.91 Å². The van der Waals surface area contributed by atoms with Crippen LogP contribution in [-0.4, -0.2) is 23.5 Å². The third-order valence-electron chi connectivity index (χ3n) is 4.73. The standard InChI is InChI=1S/C22H20N4O2/c1-28-16-6-4-5-14(11-16)13-26-19-8-3-2-7-17(19)18-10-9-15(12-20(18)26)21(27)25-22(23)24/h2-12H,13H2,1H3,(H4,23,24,25,27). The van der Waals surface area contributed by atoms with Gasteiger partial charge >= 0.3 is 0 Å². The van der Waals surface area contributed by atoms with Crippen molar-refractivity contribution in [2.75, 3.05) is 7.11 Å². The molecule has 0 aliphatic carbocycles. The number of amides is 1. The third kappa shape index (κ3) is 3.16. The molecular formula is C22H20N4O2. The second kappa shape index (κ2) is 7.08. The molecule has 0 radical (unpaired) electrons. The minimum atomic E-state index is -0.458. The van der Waals surface area contributed by atoms with Crippen molar-refractivity contribution in [3.63, 3.8) is 0 Å². The lowest BCUT2D eigenvalue weighted by Gasteiger charge is -2.09. The Hall–Kier alpha value is -3.80. The molecule has 0 saturated heterocycles. The molecule has 0 unspecified atom stereocenters. The molecule has 1 aromatic heterocycles. The van der Waals surface area contributed by atoms with Gasteiger partial charge in [-0.3, -0.25) is 4.79 Å². The minimum absolute atomic E-state index is 0.248. The van der Waals surface area contributed by atoms with E-state index in [0.29, 0.717) is 12.1 Å². The van der Waals surface area contributed by atoms with Gasteiger partial charge in [0.2, 0.25) is 0 Å². The van der Waals surface area contributed by atoms with Gasteiger partial charge in [-0.1, -0.05) is 36.4 Å². The number of aliphatic imine (C=N–C) groups is 1. The summed E-state index contributed by atoms with van der Waals surface area (Å²) in [5.74, 6) is 0.101. The first-order valence-corrected chi connectivity index (χ1v) is 8.84. The lowest BCUT2D eigenvalue weighted by atomic mass is 10.1. The number of rotatable bonds is 4. The van der Waals surface area contributed by atoms with Crippen molar-refractivity contribution in [2.45, 2.75) is 6.54 Å². The third-order valence-corrected chi connectivity index (χ3v) is 4.73. The van der Waals surface area contributed by atoms with Crippen molar-refractivity contribution in [3.05, 3.63) is 77.9 Å². The summed E-state index contributed by atoms with van der Waals surface area (Å²) in [7, 11) is 1.65. The molecule has 4 aromatic rings.